The van der Waals surface area contributed by atoms with Crippen molar-refractivity contribution in [2.45, 2.75) is 32.4 Å². The maximum atomic E-state index is 12.2. The van der Waals surface area contributed by atoms with E-state index in [4.69, 9.17) is 4.74 Å². The molecule has 166 valence electrons. The van der Waals surface area contributed by atoms with E-state index < -0.39 is 15.9 Å². The number of sulfone groups is 1. The number of anilines is 1. The fraction of sp³-hybridized carbons (Fsp3) is 0.364. The number of nitrogens with one attached hydrogen (secondary N) is 3. The average Bonchev–Trinajstić information content (AvgIpc) is 3.07. The molecule has 1 saturated heterocycles. The molecule has 9 heteroatoms. The molecule has 3 rings (SSSR count). The molecule has 0 spiro atoms. The van der Waals surface area contributed by atoms with Crippen LogP contribution in [-0.4, -0.2) is 44.4 Å². The Labute approximate surface area is 182 Å². The molecular formula is C22H27N3O5S. The lowest BCUT2D eigenvalue weighted by molar-refractivity contribution is -0.121. The van der Waals surface area contributed by atoms with Gasteiger partial charge in [0.1, 0.15) is 12.4 Å². The Morgan fingerprint density at radius 1 is 1.13 bits per heavy atom. The van der Waals surface area contributed by atoms with Gasteiger partial charge in [-0.1, -0.05) is 36.4 Å². The van der Waals surface area contributed by atoms with Gasteiger partial charge in [0.2, 0.25) is 5.91 Å². The summed E-state index contributed by atoms with van der Waals surface area (Å²) in [5.41, 5.74) is 2.54. The van der Waals surface area contributed by atoms with Crippen LogP contribution >= 0.6 is 0 Å². The van der Waals surface area contributed by atoms with Crippen LogP contribution in [0.5, 0.6) is 5.75 Å². The van der Waals surface area contributed by atoms with Crippen molar-refractivity contribution in [3.8, 4) is 5.75 Å². The lowest BCUT2D eigenvalue weighted by Crippen LogP contribution is -2.38. The Balaban J connectivity index is 1.46. The summed E-state index contributed by atoms with van der Waals surface area (Å²) in [6.07, 6.45) is 0.496. The molecular weight excluding hydrogens is 418 g/mol. The first-order chi connectivity index (χ1) is 14.8. The highest BCUT2D eigenvalue weighted by molar-refractivity contribution is 7.91. The summed E-state index contributed by atoms with van der Waals surface area (Å²) in [4.78, 5) is 24.2. The minimum atomic E-state index is -3.05. The van der Waals surface area contributed by atoms with E-state index in [1.807, 2.05) is 49.4 Å². The Hall–Kier alpha value is -3.07. The van der Waals surface area contributed by atoms with Crippen LogP contribution in [0.15, 0.2) is 48.5 Å². The number of urea groups is 1. The van der Waals surface area contributed by atoms with Crippen LogP contribution in [0.3, 0.4) is 0 Å². The molecule has 2 aromatic rings. The van der Waals surface area contributed by atoms with Gasteiger partial charge in [-0.25, -0.2) is 13.2 Å². The largest absolute Gasteiger partial charge is 0.487 e. The Kier molecular flexibility index (Phi) is 7.51. The van der Waals surface area contributed by atoms with Gasteiger partial charge in [-0.3, -0.25) is 4.79 Å². The summed E-state index contributed by atoms with van der Waals surface area (Å²) in [6, 6.07) is 14.4. The molecule has 1 aliphatic heterocycles. The van der Waals surface area contributed by atoms with Crippen molar-refractivity contribution in [2.75, 3.05) is 23.4 Å². The quantitative estimate of drug-likeness (QED) is 0.577. The number of aryl methyl sites for hydroxylation is 1. The van der Waals surface area contributed by atoms with Gasteiger partial charge in [0.05, 0.1) is 17.2 Å². The van der Waals surface area contributed by atoms with Gasteiger partial charge in [0.25, 0.3) is 0 Å². The van der Waals surface area contributed by atoms with E-state index in [-0.39, 0.29) is 36.4 Å². The van der Waals surface area contributed by atoms with E-state index in [0.717, 1.165) is 11.1 Å². The zero-order chi connectivity index (χ0) is 22.3. The molecule has 0 aliphatic carbocycles. The highest BCUT2D eigenvalue weighted by Crippen LogP contribution is 2.26. The smallest absolute Gasteiger partial charge is 0.319 e. The molecule has 3 N–H and O–H groups in total. The van der Waals surface area contributed by atoms with Crippen molar-refractivity contribution in [3.63, 3.8) is 0 Å². The summed E-state index contributed by atoms with van der Waals surface area (Å²) >= 11 is 0. The second kappa shape index (κ2) is 10.3. The third-order valence-electron chi connectivity index (χ3n) is 4.86. The number of carbonyl (C=O) groups excluding carboxylic acids is 2. The molecule has 1 heterocycles. The first kappa shape index (κ1) is 22.6. The molecule has 31 heavy (non-hydrogen) atoms. The highest BCUT2D eigenvalue weighted by Gasteiger charge is 2.28. The fourth-order valence-electron chi connectivity index (χ4n) is 3.25. The molecule has 1 aliphatic rings. The molecule has 3 amide bonds. The van der Waals surface area contributed by atoms with E-state index in [1.54, 1.807) is 6.07 Å². The number of hydrogen-bond donors (Lipinski definition) is 3. The topological polar surface area (TPSA) is 114 Å². The number of carbonyl (C=O) groups is 2. The first-order valence-corrected chi connectivity index (χ1v) is 11.9. The van der Waals surface area contributed by atoms with E-state index in [9.17, 15) is 18.0 Å². The van der Waals surface area contributed by atoms with Gasteiger partial charge in [-0.05, 0) is 36.6 Å². The molecule has 0 radical (unpaired) electrons. The van der Waals surface area contributed by atoms with Crippen molar-refractivity contribution in [2.24, 2.45) is 0 Å². The maximum Gasteiger partial charge on any atom is 0.319 e. The molecule has 2 aromatic carbocycles. The molecule has 0 saturated carbocycles. The van der Waals surface area contributed by atoms with Crippen molar-refractivity contribution >= 4 is 27.5 Å². The number of ether oxygens (including phenoxy) is 1. The SMILES string of the molecule is Cc1ccc(NC(=O)NCCC(=O)N[C@H]2CCS(=O)(=O)C2)c(OCc2ccccc2)c1. The van der Waals surface area contributed by atoms with Gasteiger partial charge in [0, 0.05) is 19.0 Å². The molecule has 0 unspecified atom stereocenters. The molecule has 1 atom stereocenters. The monoisotopic (exact) mass is 445 g/mol. The second-order valence-electron chi connectivity index (χ2n) is 7.57. The van der Waals surface area contributed by atoms with E-state index >= 15 is 0 Å². The Bertz CT molecular complexity index is 1020. The summed E-state index contributed by atoms with van der Waals surface area (Å²) in [7, 11) is -3.05. The Morgan fingerprint density at radius 3 is 2.61 bits per heavy atom. The zero-order valence-corrected chi connectivity index (χ0v) is 18.2. The number of benzene rings is 2. The molecule has 8 nitrogen and oxygen atoms in total. The third-order valence-corrected chi connectivity index (χ3v) is 6.63. The van der Waals surface area contributed by atoms with Crippen molar-refractivity contribution in [3.05, 3.63) is 59.7 Å². The fourth-order valence-corrected chi connectivity index (χ4v) is 4.93. The van der Waals surface area contributed by atoms with Crippen LogP contribution in [0.4, 0.5) is 10.5 Å². The van der Waals surface area contributed by atoms with Crippen LogP contribution in [0.1, 0.15) is 24.0 Å². The van der Waals surface area contributed by atoms with Crippen molar-refractivity contribution < 1.29 is 22.7 Å². The Morgan fingerprint density at radius 2 is 1.90 bits per heavy atom. The third kappa shape index (κ3) is 7.29. The van der Waals surface area contributed by atoms with Gasteiger partial charge in [-0.2, -0.15) is 0 Å². The lowest BCUT2D eigenvalue weighted by Gasteiger charge is -2.14. The van der Waals surface area contributed by atoms with Crippen LogP contribution in [0, 0.1) is 6.92 Å². The number of rotatable bonds is 8. The van der Waals surface area contributed by atoms with Crippen molar-refractivity contribution in [1.82, 2.24) is 10.6 Å². The van der Waals surface area contributed by atoms with Crippen LogP contribution < -0.4 is 20.7 Å². The lowest BCUT2D eigenvalue weighted by atomic mass is 10.2. The van der Waals surface area contributed by atoms with Gasteiger partial charge in [-0.15, -0.1) is 0 Å². The first-order valence-electron chi connectivity index (χ1n) is 10.1. The summed E-state index contributed by atoms with van der Waals surface area (Å²) < 4.78 is 28.8. The molecule has 0 bridgehead atoms. The van der Waals surface area contributed by atoms with Gasteiger partial charge >= 0.3 is 6.03 Å². The summed E-state index contributed by atoms with van der Waals surface area (Å²) in [5.74, 6) is 0.346. The standard InChI is InChI=1S/C22H27N3O5S/c1-16-7-8-19(20(13-16)30-14-17-5-3-2-4-6-17)25-22(27)23-11-9-21(26)24-18-10-12-31(28,29)15-18/h2-8,13,18H,9-12,14-15H2,1H3,(H,24,26)(H2,23,25,27)/t18-/m0/s1. The normalized spacial score (nSPS) is 17.0. The van der Waals surface area contributed by atoms with Gasteiger partial charge in [0.15, 0.2) is 9.84 Å². The number of hydrogen-bond acceptors (Lipinski definition) is 5. The van der Waals surface area contributed by atoms with E-state index in [2.05, 4.69) is 16.0 Å². The second-order valence-corrected chi connectivity index (χ2v) is 9.80. The molecule has 0 aromatic heterocycles. The predicted octanol–water partition coefficient (Wildman–Crippen LogP) is 2.39. The van der Waals surface area contributed by atoms with E-state index in [0.29, 0.717) is 24.5 Å². The minimum Gasteiger partial charge on any atom is -0.487 e. The van der Waals surface area contributed by atoms with Crippen LogP contribution in [0.2, 0.25) is 0 Å². The predicted molar refractivity (Wildman–Crippen MR) is 119 cm³/mol. The number of amides is 3. The summed E-state index contributed by atoms with van der Waals surface area (Å²) in [6.45, 7) is 2.44. The zero-order valence-electron chi connectivity index (χ0n) is 17.4. The maximum absolute atomic E-state index is 12.2. The minimum absolute atomic E-state index is 0.0220. The van der Waals surface area contributed by atoms with Crippen LogP contribution in [-0.2, 0) is 21.2 Å². The molecule has 1 fully saturated rings. The highest BCUT2D eigenvalue weighted by atomic mass is 32.2. The average molecular weight is 446 g/mol. The van der Waals surface area contributed by atoms with Crippen LogP contribution in [0.25, 0.3) is 0 Å². The van der Waals surface area contributed by atoms with Crippen molar-refractivity contribution in [1.29, 1.82) is 0 Å². The summed E-state index contributed by atoms with van der Waals surface area (Å²) in [5, 5.41) is 8.08. The van der Waals surface area contributed by atoms with Gasteiger partial charge < -0.3 is 20.7 Å². The van der Waals surface area contributed by atoms with E-state index in [1.165, 1.54) is 0 Å².